The number of ketones is 1. The Hall–Kier alpha value is -2.95. The van der Waals surface area contributed by atoms with Crippen LogP contribution in [0.15, 0.2) is 48.5 Å². The largest absolute Gasteiger partial charge is 0.326 e. The van der Waals surface area contributed by atoms with Gasteiger partial charge in [-0.2, -0.15) is 0 Å². The second kappa shape index (κ2) is 6.41. The highest BCUT2D eigenvalue weighted by atomic mass is 16.2. The lowest BCUT2D eigenvalue weighted by atomic mass is 10.1. The molecule has 2 aromatic carbocycles. The second-order valence-corrected chi connectivity index (χ2v) is 7.09. The van der Waals surface area contributed by atoms with Crippen molar-refractivity contribution in [3.63, 3.8) is 0 Å². The molecule has 0 aliphatic carbocycles. The van der Waals surface area contributed by atoms with Gasteiger partial charge in [-0.3, -0.25) is 14.5 Å². The number of rotatable bonds is 5. The SMILES string of the molecule is CC(C)CCn1c(CN2C(=O)C(=O)c3ccccc32)nc2ccccc21. The van der Waals surface area contributed by atoms with Gasteiger partial charge in [-0.05, 0) is 36.6 Å². The summed E-state index contributed by atoms with van der Waals surface area (Å²) >= 11 is 0. The van der Waals surface area contributed by atoms with Crippen molar-refractivity contribution < 1.29 is 9.59 Å². The average molecular weight is 347 g/mol. The number of amides is 1. The lowest BCUT2D eigenvalue weighted by Gasteiger charge is -2.18. The Bertz CT molecular complexity index is 1000. The zero-order valence-corrected chi connectivity index (χ0v) is 15.0. The summed E-state index contributed by atoms with van der Waals surface area (Å²) in [7, 11) is 0. The molecule has 1 aromatic heterocycles. The minimum absolute atomic E-state index is 0.300. The molecule has 0 atom stereocenters. The molecule has 0 radical (unpaired) electrons. The fraction of sp³-hybridized carbons (Fsp3) is 0.286. The Morgan fingerprint density at radius 1 is 1.00 bits per heavy atom. The molecular formula is C21H21N3O2. The third-order valence-corrected chi connectivity index (χ3v) is 4.84. The summed E-state index contributed by atoms with van der Waals surface area (Å²) in [5.41, 5.74) is 3.12. The molecule has 0 bridgehead atoms. The molecule has 1 aliphatic rings. The highest BCUT2D eigenvalue weighted by molar-refractivity contribution is 6.52. The number of aromatic nitrogens is 2. The summed E-state index contributed by atoms with van der Waals surface area (Å²) in [6, 6.07) is 15.2. The van der Waals surface area contributed by atoms with Crippen molar-refractivity contribution in [3.8, 4) is 0 Å². The molecule has 1 amide bonds. The number of carbonyl (C=O) groups is 2. The lowest BCUT2D eigenvalue weighted by Crippen LogP contribution is -2.30. The molecule has 2 heterocycles. The molecule has 1 aliphatic heterocycles. The van der Waals surface area contributed by atoms with Crippen molar-refractivity contribution in [2.45, 2.75) is 33.4 Å². The van der Waals surface area contributed by atoms with Gasteiger partial charge >= 0.3 is 0 Å². The molecule has 0 N–H and O–H groups in total. The number of fused-ring (bicyclic) bond motifs is 2. The molecule has 26 heavy (non-hydrogen) atoms. The van der Waals surface area contributed by atoms with Crippen LogP contribution in [0, 0.1) is 5.92 Å². The van der Waals surface area contributed by atoms with Gasteiger partial charge in [0.2, 0.25) is 0 Å². The first-order valence-electron chi connectivity index (χ1n) is 8.95. The summed E-state index contributed by atoms with van der Waals surface area (Å²) < 4.78 is 2.17. The first-order chi connectivity index (χ1) is 12.6. The molecule has 0 fully saturated rings. The number of hydrogen-bond donors (Lipinski definition) is 0. The van der Waals surface area contributed by atoms with Gasteiger partial charge in [-0.1, -0.05) is 38.1 Å². The van der Waals surface area contributed by atoms with Crippen molar-refractivity contribution in [2.24, 2.45) is 5.92 Å². The van der Waals surface area contributed by atoms with Crippen LogP contribution in [-0.2, 0) is 17.9 Å². The summed E-state index contributed by atoms with van der Waals surface area (Å²) in [6.07, 6.45) is 1.02. The first kappa shape index (κ1) is 16.5. The predicted molar refractivity (Wildman–Crippen MR) is 101 cm³/mol. The smallest absolute Gasteiger partial charge is 0.299 e. The number of anilines is 1. The van der Waals surface area contributed by atoms with Gasteiger partial charge in [0.1, 0.15) is 5.82 Å². The van der Waals surface area contributed by atoms with Gasteiger partial charge in [0, 0.05) is 6.54 Å². The maximum absolute atomic E-state index is 12.5. The van der Waals surface area contributed by atoms with Gasteiger partial charge in [0.25, 0.3) is 11.7 Å². The first-order valence-corrected chi connectivity index (χ1v) is 8.95. The van der Waals surface area contributed by atoms with Crippen LogP contribution in [-0.4, -0.2) is 21.2 Å². The van der Waals surface area contributed by atoms with Gasteiger partial charge in [0.05, 0.1) is 28.8 Å². The minimum Gasteiger partial charge on any atom is -0.326 e. The zero-order chi connectivity index (χ0) is 18.3. The van der Waals surface area contributed by atoms with Gasteiger partial charge in [-0.15, -0.1) is 0 Å². The standard InChI is InChI=1S/C21H21N3O2/c1-14(2)11-12-23-18-10-6-4-8-16(18)22-19(23)13-24-17-9-5-3-7-15(17)20(25)21(24)26/h3-10,14H,11-13H2,1-2H3. The van der Waals surface area contributed by atoms with E-state index in [1.165, 1.54) is 0 Å². The molecule has 4 rings (SSSR count). The van der Waals surface area contributed by atoms with Crippen molar-refractivity contribution in [1.29, 1.82) is 0 Å². The number of aryl methyl sites for hydroxylation is 1. The number of benzene rings is 2. The second-order valence-electron chi connectivity index (χ2n) is 7.09. The molecule has 132 valence electrons. The van der Waals surface area contributed by atoms with E-state index in [2.05, 4.69) is 24.5 Å². The van der Waals surface area contributed by atoms with Crippen molar-refractivity contribution in [2.75, 3.05) is 4.90 Å². The minimum atomic E-state index is -0.478. The van der Waals surface area contributed by atoms with E-state index in [4.69, 9.17) is 4.98 Å². The van der Waals surface area contributed by atoms with Crippen LogP contribution in [0.5, 0.6) is 0 Å². The third kappa shape index (κ3) is 2.69. The molecule has 3 aromatic rings. The van der Waals surface area contributed by atoms with Crippen molar-refractivity contribution in [3.05, 3.63) is 59.9 Å². The van der Waals surface area contributed by atoms with Gasteiger partial charge in [0.15, 0.2) is 0 Å². The summed E-state index contributed by atoms with van der Waals surface area (Å²) in [4.78, 5) is 31.0. The Morgan fingerprint density at radius 3 is 2.54 bits per heavy atom. The Morgan fingerprint density at radius 2 is 1.73 bits per heavy atom. The normalized spacial score (nSPS) is 13.9. The molecule has 5 nitrogen and oxygen atoms in total. The van der Waals surface area contributed by atoms with Crippen LogP contribution in [0.25, 0.3) is 11.0 Å². The fourth-order valence-corrected chi connectivity index (χ4v) is 3.43. The van der Waals surface area contributed by atoms with Crippen LogP contribution >= 0.6 is 0 Å². The van der Waals surface area contributed by atoms with Crippen molar-refractivity contribution in [1.82, 2.24) is 9.55 Å². The van der Waals surface area contributed by atoms with E-state index in [0.29, 0.717) is 23.7 Å². The number of carbonyl (C=O) groups excluding carboxylic acids is 2. The summed E-state index contributed by atoms with van der Waals surface area (Å²) in [5, 5.41) is 0. The van der Waals surface area contributed by atoms with E-state index < -0.39 is 11.7 Å². The number of hydrogen-bond acceptors (Lipinski definition) is 3. The molecule has 0 saturated heterocycles. The average Bonchev–Trinajstić information content (AvgIpc) is 3.11. The van der Waals surface area contributed by atoms with E-state index in [1.807, 2.05) is 30.3 Å². The maximum atomic E-state index is 12.5. The van der Waals surface area contributed by atoms with E-state index in [0.717, 1.165) is 29.8 Å². The van der Waals surface area contributed by atoms with Gasteiger partial charge < -0.3 is 4.57 Å². The van der Waals surface area contributed by atoms with E-state index >= 15 is 0 Å². The van der Waals surface area contributed by atoms with Crippen LogP contribution < -0.4 is 4.90 Å². The highest BCUT2D eigenvalue weighted by Gasteiger charge is 2.36. The van der Waals surface area contributed by atoms with E-state index in [9.17, 15) is 9.59 Å². The Labute approximate surface area is 152 Å². The quantitative estimate of drug-likeness (QED) is 0.660. The third-order valence-electron chi connectivity index (χ3n) is 4.84. The van der Waals surface area contributed by atoms with Crippen molar-refractivity contribution >= 4 is 28.4 Å². The van der Waals surface area contributed by atoms with Crippen LogP contribution in [0.2, 0.25) is 0 Å². The monoisotopic (exact) mass is 347 g/mol. The van der Waals surface area contributed by atoms with E-state index in [1.54, 1.807) is 17.0 Å². The molecule has 0 spiro atoms. The van der Waals surface area contributed by atoms with Crippen LogP contribution in [0.3, 0.4) is 0 Å². The zero-order valence-electron chi connectivity index (χ0n) is 15.0. The number of nitrogens with zero attached hydrogens (tertiary/aromatic N) is 3. The molecule has 5 heteroatoms. The molecular weight excluding hydrogens is 326 g/mol. The molecule has 0 unspecified atom stereocenters. The summed E-state index contributed by atoms with van der Waals surface area (Å²) in [5.74, 6) is 0.462. The molecule has 0 saturated carbocycles. The summed E-state index contributed by atoms with van der Waals surface area (Å²) in [6.45, 7) is 5.52. The van der Waals surface area contributed by atoms with Crippen LogP contribution in [0.1, 0.15) is 36.5 Å². The highest BCUT2D eigenvalue weighted by Crippen LogP contribution is 2.30. The number of Topliss-reactive ketones (excluding diaryl/α,β-unsaturated/α-hetero) is 1. The Balaban J connectivity index is 1.74. The van der Waals surface area contributed by atoms with E-state index in [-0.39, 0.29) is 0 Å². The number of imidazole rings is 1. The maximum Gasteiger partial charge on any atom is 0.299 e. The Kier molecular flexibility index (Phi) is 4.07. The van der Waals surface area contributed by atoms with Crippen LogP contribution in [0.4, 0.5) is 5.69 Å². The topological polar surface area (TPSA) is 55.2 Å². The lowest BCUT2D eigenvalue weighted by molar-refractivity contribution is -0.114. The van der Waals surface area contributed by atoms with Gasteiger partial charge in [-0.25, -0.2) is 4.98 Å². The predicted octanol–water partition coefficient (Wildman–Crippen LogP) is 3.81. The number of para-hydroxylation sites is 3. The fourth-order valence-electron chi connectivity index (χ4n) is 3.43.